The van der Waals surface area contributed by atoms with E-state index < -0.39 is 11.9 Å². The van der Waals surface area contributed by atoms with Gasteiger partial charge in [-0.1, -0.05) is 23.7 Å². The van der Waals surface area contributed by atoms with Gasteiger partial charge in [0.15, 0.2) is 5.76 Å². The molecule has 1 aromatic heterocycles. The lowest BCUT2D eigenvalue weighted by Crippen LogP contribution is -2.53. The molecule has 29 heavy (non-hydrogen) atoms. The zero-order chi connectivity index (χ0) is 20.8. The Morgan fingerprint density at radius 3 is 2.41 bits per heavy atom. The number of carbonyl (C=O) groups excluding carboxylic acids is 3. The topological polar surface area (TPSA) is 92.1 Å². The van der Waals surface area contributed by atoms with E-state index in [2.05, 4.69) is 5.32 Å². The molecule has 1 saturated heterocycles. The summed E-state index contributed by atoms with van der Waals surface area (Å²) in [7, 11) is 1.35. The molecular weight excluding hydrogens is 398 g/mol. The molecule has 0 bridgehead atoms. The molecule has 1 unspecified atom stereocenters. The number of benzene rings is 1. The first-order valence-corrected chi connectivity index (χ1v) is 9.54. The number of nitrogens with zero attached hydrogens (tertiary/aromatic N) is 2. The number of rotatable bonds is 6. The van der Waals surface area contributed by atoms with Crippen LogP contribution in [0, 0.1) is 0 Å². The maximum atomic E-state index is 12.4. The predicted molar refractivity (Wildman–Crippen MR) is 105 cm³/mol. The Bertz CT molecular complexity index is 846. The highest BCUT2D eigenvalue weighted by atomic mass is 35.5. The molecule has 2 aromatic rings. The minimum atomic E-state index is -0.562. The van der Waals surface area contributed by atoms with Crippen molar-refractivity contribution in [2.45, 2.75) is 6.04 Å². The SMILES string of the molecule is COC(=O)C(c1ccc(Cl)cc1)N1CCN(C(=O)CNC(=O)c2ccco2)CC1. The van der Waals surface area contributed by atoms with E-state index in [-0.39, 0.29) is 24.2 Å². The van der Waals surface area contributed by atoms with Crippen LogP contribution in [0.25, 0.3) is 0 Å². The molecule has 8 nitrogen and oxygen atoms in total. The maximum absolute atomic E-state index is 12.4. The van der Waals surface area contributed by atoms with Crippen LogP contribution >= 0.6 is 11.6 Å². The van der Waals surface area contributed by atoms with Crippen molar-refractivity contribution in [2.75, 3.05) is 39.8 Å². The molecule has 1 aliphatic heterocycles. The van der Waals surface area contributed by atoms with Crippen molar-refractivity contribution in [3.63, 3.8) is 0 Å². The van der Waals surface area contributed by atoms with E-state index >= 15 is 0 Å². The normalized spacial score (nSPS) is 15.6. The third-order valence-electron chi connectivity index (χ3n) is 4.79. The fourth-order valence-corrected chi connectivity index (χ4v) is 3.37. The highest BCUT2D eigenvalue weighted by molar-refractivity contribution is 6.30. The maximum Gasteiger partial charge on any atom is 0.327 e. The molecule has 1 aromatic carbocycles. The lowest BCUT2D eigenvalue weighted by molar-refractivity contribution is -0.148. The zero-order valence-electron chi connectivity index (χ0n) is 16.0. The summed E-state index contributed by atoms with van der Waals surface area (Å²) in [4.78, 5) is 40.3. The Balaban J connectivity index is 1.56. The van der Waals surface area contributed by atoms with E-state index in [0.29, 0.717) is 31.2 Å². The molecule has 0 radical (unpaired) electrons. The van der Waals surface area contributed by atoms with Gasteiger partial charge in [-0.05, 0) is 29.8 Å². The number of ether oxygens (including phenoxy) is 1. The second kappa shape index (κ2) is 9.58. The number of nitrogens with one attached hydrogen (secondary N) is 1. The fraction of sp³-hybridized carbons (Fsp3) is 0.350. The van der Waals surface area contributed by atoms with Crippen LogP contribution in [0.2, 0.25) is 5.02 Å². The van der Waals surface area contributed by atoms with Crippen LogP contribution in [-0.4, -0.2) is 67.4 Å². The van der Waals surface area contributed by atoms with Crippen molar-refractivity contribution in [1.82, 2.24) is 15.1 Å². The van der Waals surface area contributed by atoms with Crippen molar-refractivity contribution in [2.24, 2.45) is 0 Å². The Hall–Kier alpha value is -2.84. The minimum Gasteiger partial charge on any atom is -0.468 e. The second-order valence-electron chi connectivity index (χ2n) is 6.55. The third-order valence-corrected chi connectivity index (χ3v) is 5.04. The van der Waals surface area contributed by atoms with E-state index in [9.17, 15) is 14.4 Å². The van der Waals surface area contributed by atoms with Gasteiger partial charge < -0.3 is 19.4 Å². The molecule has 3 rings (SSSR count). The van der Waals surface area contributed by atoms with Gasteiger partial charge >= 0.3 is 5.97 Å². The molecule has 2 amide bonds. The number of methoxy groups -OCH3 is 1. The van der Waals surface area contributed by atoms with Crippen molar-refractivity contribution in [1.29, 1.82) is 0 Å². The highest BCUT2D eigenvalue weighted by Gasteiger charge is 2.32. The Kier molecular flexibility index (Phi) is 6.90. The lowest BCUT2D eigenvalue weighted by Gasteiger charge is -2.38. The van der Waals surface area contributed by atoms with Gasteiger partial charge in [0.25, 0.3) is 5.91 Å². The van der Waals surface area contributed by atoms with E-state index in [1.54, 1.807) is 35.2 Å². The number of halogens is 1. The standard InChI is InChI=1S/C20H22ClN3O5/c1-28-20(27)18(14-4-6-15(21)7-5-14)24-10-8-23(9-11-24)17(25)13-22-19(26)16-3-2-12-29-16/h2-7,12,18H,8-11,13H2,1H3,(H,22,26). The number of hydrogen-bond donors (Lipinski definition) is 1. The van der Waals surface area contributed by atoms with Gasteiger partial charge in [-0.25, -0.2) is 4.79 Å². The first-order valence-electron chi connectivity index (χ1n) is 9.16. The van der Waals surface area contributed by atoms with Gasteiger partial charge in [-0.3, -0.25) is 14.5 Å². The summed E-state index contributed by atoms with van der Waals surface area (Å²) in [6.07, 6.45) is 1.40. The van der Waals surface area contributed by atoms with Crippen LogP contribution in [0.3, 0.4) is 0 Å². The molecule has 0 spiro atoms. The molecule has 9 heteroatoms. The Labute approximate surface area is 173 Å². The second-order valence-corrected chi connectivity index (χ2v) is 6.99. The van der Waals surface area contributed by atoms with Crippen LogP contribution in [0.1, 0.15) is 22.2 Å². The van der Waals surface area contributed by atoms with E-state index in [1.807, 2.05) is 4.90 Å². The van der Waals surface area contributed by atoms with Crippen LogP contribution in [0.15, 0.2) is 47.1 Å². The fourth-order valence-electron chi connectivity index (χ4n) is 3.24. The predicted octanol–water partition coefficient (Wildman–Crippen LogP) is 1.72. The van der Waals surface area contributed by atoms with Gasteiger partial charge in [0.05, 0.1) is 19.9 Å². The Morgan fingerprint density at radius 2 is 1.83 bits per heavy atom. The van der Waals surface area contributed by atoms with Gasteiger partial charge in [0, 0.05) is 31.2 Å². The summed E-state index contributed by atoms with van der Waals surface area (Å²) in [6, 6.07) is 9.63. The summed E-state index contributed by atoms with van der Waals surface area (Å²) < 4.78 is 9.97. The van der Waals surface area contributed by atoms with Gasteiger partial charge in [0.1, 0.15) is 6.04 Å². The smallest absolute Gasteiger partial charge is 0.327 e. The average Bonchev–Trinajstić information content (AvgIpc) is 3.28. The molecule has 0 saturated carbocycles. The molecule has 1 aliphatic rings. The quantitative estimate of drug-likeness (QED) is 0.717. The molecular formula is C20H22ClN3O5. The van der Waals surface area contributed by atoms with Gasteiger partial charge in [0.2, 0.25) is 5.91 Å². The monoisotopic (exact) mass is 419 g/mol. The third kappa shape index (κ3) is 5.16. The summed E-state index contributed by atoms with van der Waals surface area (Å²) in [5, 5.41) is 3.14. The molecule has 2 heterocycles. The highest BCUT2D eigenvalue weighted by Crippen LogP contribution is 2.25. The zero-order valence-corrected chi connectivity index (χ0v) is 16.7. The Morgan fingerprint density at radius 1 is 1.14 bits per heavy atom. The average molecular weight is 420 g/mol. The largest absolute Gasteiger partial charge is 0.468 e. The van der Waals surface area contributed by atoms with E-state index in [0.717, 1.165) is 5.56 Å². The number of esters is 1. The van der Waals surface area contributed by atoms with Gasteiger partial charge in [-0.2, -0.15) is 0 Å². The van der Waals surface area contributed by atoms with Gasteiger partial charge in [-0.15, -0.1) is 0 Å². The summed E-state index contributed by atoms with van der Waals surface area (Å²) >= 11 is 5.94. The minimum absolute atomic E-state index is 0.114. The summed E-state index contributed by atoms with van der Waals surface area (Å²) in [6.45, 7) is 1.77. The molecule has 0 aliphatic carbocycles. The van der Waals surface area contributed by atoms with Crippen molar-refractivity contribution < 1.29 is 23.5 Å². The number of furan rings is 1. The van der Waals surface area contributed by atoms with Crippen LogP contribution in [-0.2, 0) is 14.3 Å². The van der Waals surface area contributed by atoms with Crippen LogP contribution in [0.5, 0.6) is 0 Å². The van der Waals surface area contributed by atoms with Crippen molar-refractivity contribution in [3.05, 3.63) is 59.0 Å². The molecule has 1 fully saturated rings. The number of carbonyl (C=O) groups is 3. The lowest BCUT2D eigenvalue weighted by atomic mass is 10.0. The van der Waals surface area contributed by atoms with Crippen molar-refractivity contribution in [3.8, 4) is 0 Å². The molecule has 1 atom stereocenters. The molecule has 154 valence electrons. The molecule has 1 N–H and O–H groups in total. The van der Waals surface area contributed by atoms with Crippen molar-refractivity contribution >= 4 is 29.4 Å². The summed E-state index contributed by atoms with van der Waals surface area (Å²) in [5.41, 5.74) is 0.784. The first-order chi connectivity index (χ1) is 14.0. The first kappa shape index (κ1) is 20.9. The van der Waals surface area contributed by atoms with E-state index in [4.69, 9.17) is 20.8 Å². The number of amides is 2. The number of hydrogen-bond acceptors (Lipinski definition) is 6. The van der Waals surface area contributed by atoms with Crippen LogP contribution < -0.4 is 5.32 Å². The summed E-state index contributed by atoms with van der Waals surface area (Å²) in [5.74, 6) is -0.828. The van der Waals surface area contributed by atoms with Crippen LogP contribution in [0.4, 0.5) is 0 Å². The number of piperazine rings is 1. The van der Waals surface area contributed by atoms with E-state index in [1.165, 1.54) is 19.4 Å².